The third-order valence-corrected chi connectivity index (χ3v) is 4.59. The van der Waals surface area contributed by atoms with Crippen molar-refractivity contribution in [3.8, 4) is 0 Å². The largest absolute Gasteiger partial charge is 0.383 e. The van der Waals surface area contributed by atoms with Crippen LogP contribution in [0.4, 0.5) is 21.5 Å². The van der Waals surface area contributed by atoms with Crippen LogP contribution in [0, 0.1) is 15.9 Å². The number of nitro groups is 1. The minimum atomic E-state index is -0.426. The van der Waals surface area contributed by atoms with E-state index in [1.54, 1.807) is 24.3 Å². The SMILES string of the molecule is NC(=NCCNc1ccc([N+](=O)[O-])cc1)N1CCN(c2ccc(F)cc2)CC1. The van der Waals surface area contributed by atoms with Gasteiger partial charge in [0.2, 0.25) is 0 Å². The maximum atomic E-state index is 13.0. The van der Waals surface area contributed by atoms with Crippen LogP contribution >= 0.6 is 0 Å². The minimum absolute atomic E-state index is 0.0626. The highest BCUT2D eigenvalue weighted by Gasteiger charge is 2.18. The lowest BCUT2D eigenvalue weighted by molar-refractivity contribution is -0.384. The molecular weight excluding hydrogens is 363 g/mol. The summed E-state index contributed by atoms with van der Waals surface area (Å²) in [5.41, 5.74) is 7.95. The number of nitrogens with two attached hydrogens (primary N) is 1. The first-order chi connectivity index (χ1) is 13.5. The Hall–Kier alpha value is -3.36. The number of nitro benzene ring substituents is 1. The molecule has 0 amide bonds. The molecule has 1 aliphatic rings. The molecule has 2 aromatic rings. The van der Waals surface area contributed by atoms with Gasteiger partial charge in [-0.2, -0.15) is 0 Å². The van der Waals surface area contributed by atoms with Crippen molar-refractivity contribution in [3.05, 3.63) is 64.5 Å². The number of aliphatic imine (C=N–C) groups is 1. The van der Waals surface area contributed by atoms with Gasteiger partial charge in [-0.3, -0.25) is 15.1 Å². The molecule has 0 aliphatic carbocycles. The van der Waals surface area contributed by atoms with E-state index in [0.717, 1.165) is 37.6 Å². The zero-order valence-electron chi connectivity index (χ0n) is 15.4. The molecule has 8 nitrogen and oxygen atoms in total. The van der Waals surface area contributed by atoms with E-state index < -0.39 is 4.92 Å². The Balaban J connectivity index is 1.42. The van der Waals surface area contributed by atoms with Crippen LogP contribution in [-0.4, -0.2) is 55.1 Å². The van der Waals surface area contributed by atoms with E-state index in [1.165, 1.54) is 24.3 Å². The van der Waals surface area contributed by atoms with E-state index in [9.17, 15) is 14.5 Å². The second kappa shape index (κ2) is 9.03. The number of non-ortho nitro benzene ring substituents is 1. The second-order valence-corrected chi connectivity index (χ2v) is 6.42. The first-order valence-electron chi connectivity index (χ1n) is 9.06. The molecule has 0 unspecified atom stereocenters. The summed E-state index contributed by atoms with van der Waals surface area (Å²) in [7, 11) is 0. The number of halogens is 1. The van der Waals surface area contributed by atoms with Gasteiger partial charge in [0.15, 0.2) is 5.96 Å². The van der Waals surface area contributed by atoms with Gasteiger partial charge in [-0.1, -0.05) is 0 Å². The molecule has 9 heteroatoms. The van der Waals surface area contributed by atoms with Gasteiger partial charge in [-0.15, -0.1) is 0 Å². The number of hydrogen-bond donors (Lipinski definition) is 2. The van der Waals surface area contributed by atoms with Gasteiger partial charge < -0.3 is 20.9 Å². The molecule has 0 bridgehead atoms. The predicted octanol–water partition coefficient (Wildman–Crippen LogP) is 2.28. The van der Waals surface area contributed by atoms with Crippen LogP contribution in [0.2, 0.25) is 0 Å². The Morgan fingerprint density at radius 2 is 1.75 bits per heavy atom. The highest BCUT2D eigenvalue weighted by molar-refractivity contribution is 5.78. The monoisotopic (exact) mass is 386 g/mol. The molecule has 1 saturated heterocycles. The number of piperazine rings is 1. The molecule has 3 rings (SSSR count). The van der Waals surface area contributed by atoms with Crippen molar-refractivity contribution in [3.63, 3.8) is 0 Å². The fourth-order valence-electron chi connectivity index (χ4n) is 3.02. The van der Waals surface area contributed by atoms with Crippen LogP contribution in [-0.2, 0) is 0 Å². The van der Waals surface area contributed by atoms with Gasteiger partial charge in [0.25, 0.3) is 5.69 Å². The molecule has 1 heterocycles. The third kappa shape index (κ3) is 5.09. The molecule has 0 spiro atoms. The van der Waals surface area contributed by atoms with Crippen LogP contribution in [0.15, 0.2) is 53.5 Å². The Bertz CT molecular complexity index is 817. The van der Waals surface area contributed by atoms with Crippen molar-refractivity contribution in [2.24, 2.45) is 10.7 Å². The molecule has 28 heavy (non-hydrogen) atoms. The standard InChI is InChI=1S/C19H23FN6O2/c20-15-1-5-17(6-2-15)24-11-13-25(14-12-24)19(21)23-10-9-22-16-3-7-18(8-4-16)26(27)28/h1-8,22H,9-14H2,(H2,21,23). The highest BCUT2D eigenvalue weighted by Crippen LogP contribution is 2.17. The summed E-state index contributed by atoms with van der Waals surface area (Å²) in [6.45, 7) is 4.17. The topological polar surface area (TPSA) is 100 Å². The predicted molar refractivity (Wildman–Crippen MR) is 108 cm³/mol. The zero-order valence-corrected chi connectivity index (χ0v) is 15.4. The number of guanidine groups is 1. The summed E-state index contributed by atoms with van der Waals surface area (Å²) in [5, 5.41) is 13.8. The van der Waals surface area contributed by atoms with E-state index in [-0.39, 0.29) is 11.5 Å². The number of benzene rings is 2. The number of rotatable bonds is 6. The average Bonchev–Trinajstić information content (AvgIpc) is 2.72. The Labute approximate surface area is 162 Å². The number of nitrogens with one attached hydrogen (secondary N) is 1. The van der Waals surface area contributed by atoms with Crippen LogP contribution in [0.3, 0.4) is 0 Å². The van der Waals surface area contributed by atoms with Crippen molar-refractivity contribution < 1.29 is 9.31 Å². The molecule has 0 radical (unpaired) electrons. The number of anilines is 2. The molecule has 148 valence electrons. The van der Waals surface area contributed by atoms with Crippen molar-refractivity contribution in [1.82, 2.24) is 4.90 Å². The van der Waals surface area contributed by atoms with Crippen LogP contribution < -0.4 is 16.0 Å². The first kappa shape index (κ1) is 19.4. The lowest BCUT2D eigenvalue weighted by atomic mass is 10.2. The first-order valence-corrected chi connectivity index (χ1v) is 9.06. The molecule has 3 N–H and O–H groups in total. The maximum Gasteiger partial charge on any atom is 0.269 e. The van der Waals surface area contributed by atoms with Gasteiger partial charge in [0, 0.05) is 56.2 Å². The quantitative estimate of drug-likeness (QED) is 0.260. The lowest BCUT2D eigenvalue weighted by Crippen LogP contribution is -2.51. The molecule has 2 aromatic carbocycles. The minimum Gasteiger partial charge on any atom is -0.383 e. The van der Waals surface area contributed by atoms with Gasteiger partial charge >= 0.3 is 0 Å². The Morgan fingerprint density at radius 1 is 1.11 bits per heavy atom. The normalized spacial score (nSPS) is 14.8. The van der Waals surface area contributed by atoms with Crippen LogP contribution in [0.25, 0.3) is 0 Å². The summed E-state index contributed by atoms with van der Waals surface area (Å²) in [5.74, 6) is 0.269. The number of hydrogen-bond acceptors (Lipinski definition) is 5. The van der Waals surface area contributed by atoms with Gasteiger partial charge in [0.1, 0.15) is 5.82 Å². The van der Waals surface area contributed by atoms with E-state index in [2.05, 4.69) is 15.2 Å². The number of nitrogens with zero attached hydrogens (tertiary/aromatic N) is 4. The van der Waals surface area contributed by atoms with Crippen molar-refractivity contribution in [2.75, 3.05) is 49.5 Å². The van der Waals surface area contributed by atoms with Gasteiger partial charge in [-0.05, 0) is 36.4 Å². The summed E-state index contributed by atoms with van der Waals surface area (Å²) < 4.78 is 13.0. The summed E-state index contributed by atoms with van der Waals surface area (Å²) in [6, 6.07) is 12.8. The van der Waals surface area contributed by atoms with Crippen molar-refractivity contribution in [2.45, 2.75) is 0 Å². The summed E-state index contributed by atoms with van der Waals surface area (Å²) >= 11 is 0. The van der Waals surface area contributed by atoms with E-state index >= 15 is 0 Å². The fourth-order valence-corrected chi connectivity index (χ4v) is 3.02. The highest BCUT2D eigenvalue weighted by atomic mass is 19.1. The van der Waals surface area contributed by atoms with Crippen LogP contribution in [0.1, 0.15) is 0 Å². The second-order valence-electron chi connectivity index (χ2n) is 6.42. The molecule has 1 fully saturated rings. The van der Waals surface area contributed by atoms with Gasteiger partial charge in [0.05, 0.1) is 11.5 Å². The molecular formula is C19H23FN6O2. The Kier molecular flexibility index (Phi) is 6.25. The summed E-state index contributed by atoms with van der Waals surface area (Å²) in [4.78, 5) is 18.8. The molecule has 0 aromatic heterocycles. The molecule has 1 aliphatic heterocycles. The zero-order chi connectivity index (χ0) is 19.9. The van der Waals surface area contributed by atoms with E-state index in [0.29, 0.717) is 19.0 Å². The lowest BCUT2D eigenvalue weighted by Gasteiger charge is -2.36. The average molecular weight is 386 g/mol. The smallest absolute Gasteiger partial charge is 0.269 e. The Morgan fingerprint density at radius 3 is 2.36 bits per heavy atom. The molecule has 0 atom stereocenters. The van der Waals surface area contributed by atoms with E-state index in [1.807, 2.05) is 4.90 Å². The van der Waals surface area contributed by atoms with Crippen molar-refractivity contribution in [1.29, 1.82) is 0 Å². The van der Waals surface area contributed by atoms with Crippen molar-refractivity contribution >= 4 is 23.0 Å². The third-order valence-electron chi connectivity index (χ3n) is 4.59. The van der Waals surface area contributed by atoms with Crippen LogP contribution in [0.5, 0.6) is 0 Å². The van der Waals surface area contributed by atoms with E-state index in [4.69, 9.17) is 5.73 Å². The van der Waals surface area contributed by atoms with Gasteiger partial charge in [-0.25, -0.2) is 4.39 Å². The fraction of sp³-hybridized carbons (Fsp3) is 0.316. The summed E-state index contributed by atoms with van der Waals surface area (Å²) in [6.07, 6.45) is 0. The maximum absolute atomic E-state index is 13.0. The molecule has 0 saturated carbocycles.